The Hall–Kier alpha value is -1.65. The molecule has 3 N–H and O–H groups in total. The van der Waals surface area contributed by atoms with E-state index in [1.54, 1.807) is 6.08 Å². The van der Waals surface area contributed by atoms with E-state index < -0.39 is 12.1 Å². The summed E-state index contributed by atoms with van der Waals surface area (Å²) in [6.45, 7) is 4.26. The van der Waals surface area contributed by atoms with Crippen LogP contribution in [-0.2, 0) is 4.79 Å². The molecule has 4 nitrogen and oxygen atoms in total. The van der Waals surface area contributed by atoms with Crippen LogP contribution in [0.15, 0.2) is 48.6 Å². The highest BCUT2D eigenvalue weighted by atomic mass is 16.3. The molecule has 0 saturated carbocycles. The van der Waals surface area contributed by atoms with Gasteiger partial charge in [-0.05, 0) is 64.2 Å². The number of rotatable bonds is 42. The molecule has 0 aliphatic heterocycles. The van der Waals surface area contributed by atoms with Crippen molar-refractivity contribution < 1.29 is 15.0 Å². The molecule has 2 unspecified atom stereocenters. The average Bonchev–Trinajstić information content (AvgIpc) is 3.16. The summed E-state index contributed by atoms with van der Waals surface area (Å²) in [5.74, 6) is -0.0760. The number of allylic oxidation sites excluding steroid dienone is 7. The Morgan fingerprint density at radius 2 is 0.792 bits per heavy atom. The van der Waals surface area contributed by atoms with Crippen molar-refractivity contribution in [2.24, 2.45) is 0 Å². The van der Waals surface area contributed by atoms with E-state index in [0.717, 1.165) is 38.5 Å². The molecular weight excluding hydrogens is 651 g/mol. The Balaban J connectivity index is 3.47. The molecule has 0 heterocycles. The van der Waals surface area contributed by atoms with Crippen LogP contribution >= 0.6 is 0 Å². The number of carbonyl (C=O) groups excluding carboxylic acids is 1. The van der Waals surface area contributed by atoms with E-state index in [-0.39, 0.29) is 12.5 Å². The fraction of sp³-hybridized carbons (Fsp3) is 0.816. The zero-order valence-electron chi connectivity index (χ0n) is 35.5. The second-order valence-corrected chi connectivity index (χ2v) is 15.8. The highest BCUT2D eigenvalue weighted by Gasteiger charge is 2.17. The lowest BCUT2D eigenvalue weighted by atomic mass is 10.0. The highest BCUT2D eigenvalue weighted by molar-refractivity contribution is 5.76. The van der Waals surface area contributed by atoms with Gasteiger partial charge in [-0.15, -0.1) is 0 Å². The summed E-state index contributed by atoms with van der Waals surface area (Å²) >= 11 is 0. The normalized spacial score (nSPS) is 13.4. The van der Waals surface area contributed by atoms with Crippen molar-refractivity contribution in [3.8, 4) is 0 Å². The van der Waals surface area contributed by atoms with Gasteiger partial charge in [0, 0.05) is 6.42 Å². The molecule has 0 aromatic rings. The van der Waals surface area contributed by atoms with Crippen LogP contribution in [0.1, 0.15) is 239 Å². The summed E-state index contributed by atoms with van der Waals surface area (Å²) in [7, 11) is 0. The molecular formula is C49H91NO3. The summed E-state index contributed by atoms with van der Waals surface area (Å²) in [6.07, 6.45) is 61.1. The van der Waals surface area contributed by atoms with Gasteiger partial charge < -0.3 is 15.5 Å². The smallest absolute Gasteiger partial charge is 0.220 e. The summed E-state index contributed by atoms with van der Waals surface area (Å²) in [5, 5.41) is 22.9. The second-order valence-electron chi connectivity index (χ2n) is 15.8. The summed E-state index contributed by atoms with van der Waals surface area (Å²) in [5.41, 5.74) is 0. The largest absolute Gasteiger partial charge is 0.394 e. The minimum Gasteiger partial charge on any atom is -0.394 e. The van der Waals surface area contributed by atoms with Crippen molar-refractivity contribution >= 4 is 5.91 Å². The first-order valence-corrected chi connectivity index (χ1v) is 23.4. The number of unbranched alkanes of at least 4 members (excludes halogenated alkanes) is 29. The van der Waals surface area contributed by atoms with Crippen LogP contribution in [0.25, 0.3) is 0 Å². The number of aliphatic hydroxyl groups is 2. The Kier molecular flexibility index (Phi) is 43.4. The molecule has 0 aliphatic rings. The Bertz CT molecular complexity index is 847. The predicted molar refractivity (Wildman–Crippen MR) is 235 cm³/mol. The van der Waals surface area contributed by atoms with Crippen molar-refractivity contribution in [1.29, 1.82) is 0 Å². The third kappa shape index (κ3) is 41.4. The molecule has 2 atom stereocenters. The minimum absolute atomic E-state index is 0.0760. The molecule has 0 spiro atoms. The first-order valence-electron chi connectivity index (χ1n) is 23.4. The molecule has 0 fully saturated rings. The Morgan fingerprint density at radius 3 is 1.23 bits per heavy atom. The standard InChI is InChI=1S/C49H91NO3/c1-3-5-7-9-11-13-15-16-17-18-19-20-21-22-23-24-25-26-27-28-29-30-31-32-33-34-35-37-39-41-43-45-49(53)50-47(46-51)48(52)44-42-40-38-36-14-12-10-8-6-4-2/h14,19-20,22-23,36,42,44,47-48,51-52H,3-13,15-18,21,24-35,37-41,43,45-46H2,1-2H3,(H,50,53)/b20-19-,23-22-,36-14+,44-42+. The lowest BCUT2D eigenvalue weighted by Crippen LogP contribution is -2.45. The molecule has 0 rings (SSSR count). The molecule has 0 saturated heterocycles. The zero-order valence-corrected chi connectivity index (χ0v) is 35.5. The van der Waals surface area contributed by atoms with E-state index in [1.807, 2.05) is 6.08 Å². The first-order chi connectivity index (χ1) is 26.2. The van der Waals surface area contributed by atoms with Crippen LogP contribution in [0.2, 0.25) is 0 Å². The van der Waals surface area contributed by atoms with Gasteiger partial charge in [0.2, 0.25) is 5.91 Å². The first kappa shape index (κ1) is 51.4. The van der Waals surface area contributed by atoms with Crippen molar-refractivity contribution in [3.05, 3.63) is 48.6 Å². The van der Waals surface area contributed by atoms with Gasteiger partial charge in [-0.1, -0.05) is 217 Å². The summed E-state index contributed by atoms with van der Waals surface area (Å²) in [6, 6.07) is -0.637. The maximum Gasteiger partial charge on any atom is 0.220 e. The topological polar surface area (TPSA) is 69.6 Å². The van der Waals surface area contributed by atoms with Crippen LogP contribution < -0.4 is 5.32 Å². The quantitative estimate of drug-likeness (QED) is 0.0431. The van der Waals surface area contributed by atoms with Crippen molar-refractivity contribution in [1.82, 2.24) is 5.32 Å². The Labute approximate surface area is 331 Å². The number of amides is 1. The zero-order chi connectivity index (χ0) is 38.6. The molecule has 310 valence electrons. The van der Waals surface area contributed by atoms with Gasteiger partial charge in [0.05, 0.1) is 18.8 Å². The lowest BCUT2D eigenvalue weighted by molar-refractivity contribution is -0.123. The fourth-order valence-electron chi connectivity index (χ4n) is 6.93. The van der Waals surface area contributed by atoms with E-state index >= 15 is 0 Å². The molecule has 0 aliphatic carbocycles. The molecule has 1 amide bonds. The van der Waals surface area contributed by atoms with Crippen LogP contribution in [0, 0.1) is 0 Å². The van der Waals surface area contributed by atoms with Gasteiger partial charge in [0.1, 0.15) is 0 Å². The third-order valence-electron chi connectivity index (χ3n) is 10.5. The van der Waals surface area contributed by atoms with Crippen molar-refractivity contribution in [2.45, 2.75) is 251 Å². The molecule has 0 radical (unpaired) electrons. The third-order valence-corrected chi connectivity index (χ3v) is 10.5. The van der Waals surface area contributed by atoms with Crippen LogP contribution in [-0.4, -0.2) is 34.9 Å². The maximum absolute atomic E-state index is 12.4. The number of hydrogen-bond acceptors (Lipinski definition) is 3. The van der Waals surface area contributed by atoms with E-state index in [9.17, 15) is 15.0 Å². The van der Waals surface area contributed by atoms with E-state index in [1.165, 1.54) is 180 Å². The molecule has 4 heteroatoms. The lowest BCUT2D eigenvalue weighted by Gasteiger charge is -2.19. The van der Waals surface area contributed by atoms with E-state index in [0.29, 0.717) is 6.42 Å². The van der Waals surface area contributed by atoms with E-state index in [2.05, 4.69) is 55.6 Å². The van der Waals surface area contributed by atoms with Gasteiger partial charge in [0.15, 0.2) is 0 Å². The van der Waals surface area contributed by atoms with Crippen LogP contribution in [0.5, 0.6) is 0 Å². The average molecular weight is 742 g/mol. The van der Waals surface area contributed by atoms with E-state index in [4.69, 9.17) is 0 Å². The monoisotopic (exact) mass is 742 g/mol. The maximum atomic E-state index is 12.4. The molecule has 53 heavy (non-hydrogen) atoms. The van der Waals surface area contributed by atoms with Crippen molar-refractivity contribution in [3.63, 3.8) is 0 Å². The van der Waals surface area contributed by atoms with Crippen LogP contribution in [0.3, 0.4) is 0 Å². The number of carbonyl (C=O) groups is 1. The molecule has 0 aromatic heterocycles. The van der Waals surface area contributed by atoms with Gasteiger partial charge >= 0.3 is 0 Å². The van der Waals surface area contributed by atoms with Crippen molar-refractivity contribution in [2.75, 3.05) is 6.61 Å². The van der Waals surface area contributed by atoms with Crippen LogP contribution in [0.4, 0.5) is 0 Å². The Morgan fingerprint density at radius 1 is 0.453 bits per heavy atom. The number of nitrogens with one attached hydrogen (secondary N) is 1. The van der Waals surface area contributed by atoms with Gasteiger partial charge in [0.25, 0.3) is 0 Å². The number of hydrogen-bond donors (Lipinski definition) is 3. The highest BCUT2D eigenvalue weighted by Crippen LogP contribution is 2.15. The minimum atomic E-state index is -0.860. The van der Waals surface area contributed by atoms with Gasteiger partial charge in [-0.2, -0.15) is 0 Å². The van der Waals surface area contributed by atoms with Gasteiger partial charge in [-0.3, -0.25) is 4.79 Å². The summed E-state index contributed by atoms with van der Waals surface area (Å²) < 4.78 is 0. The predicted octanol–water partition coefficient (Wildman–Crippen LogP) is 14.7. The summed E-state index contributed by atoms with van der Waals surface area (Å²) in [4.78, 5) is 12.4. The second kappa shape index (κ2) is 44.7. The SMILES string of the molecule is CCCCCC/C=C/CC/C=C/C(O)C(CO)NC(=O)CCCCCCCCCCCCCCCCC/C=C\C/C=C\CCCCCCCCCCC. The van der Waals surface area contributed by atoms with Gasteiger partial charge in [-0.25, -0.2) is 0 Å². The molecule has 0 bridgehead atoms. The number of aliphatic hydroxyl groups excluding tert-OH is 2. The molecule has 0 aromatic carbocycles. The fourth-order valence-corrected chi connectivity index (χ4v) is 6.93.